The van der Waals surface area contributed by atoms with Gasteiger partial charge in [0.25, 0.3) is 0 Å². The molecule has 1 aliphatic heterocycles. The van der Waals surface area contributed by atoms with Crippen molar-refractivity contribution >= 4 is 15.9 Å². The minimum absolute atomic E-state index is 0.449. The molecule has 1 saturated heterocycles. The topological polar surface area (TPSA) is 75.4 Å². The van der Waals surface area contributed by atoms with Crippen LogP contribution >= 0.6 is 0 Å². The molecule has 1 aromatic carbocycles. The zero-order valence-electron chi connectivity index (χ0n) is 11.9. The highest BCUT2D eigenvalue weighted by atomic mass is 32.2. The zero-order chi connectivity index (χ0) is 14.6. The molecule has 1 heterocycles. The van der Waals surface area contributed by atoms with Gasteiger partial charge in [-0.1, -0.05) is 19.1 Å². The fourth-order valence-electron chi connectivity index (χ4n) is 2.45. The van der Waals surface area contributed by atoms with Crippen molar-refractivity contribution in [2.75, 3.05) is 24.4 Å². The van der Waals surface area contributed by atoms with Crippen molar-refractivity contribution < 1.29 is 8.42 Å². The second-order valence-electron chi connectivity index (χ2n) is 5.24. The number of aryl methyl sites for hydroxylation is 1. The first-order chi connectivity index (χ1) is 9.55. The molecule has 3 N–H and O–H groups in total. The predicted octanol–water partition coefficient (Wildman–Crippen LogP) is 1.58. The number of nitrogens with one attached hydrogen (secondary N) is 1. The normalized spacial score (nSPS) is 18.1. The Balaban J connectivity index is 2.03. The number of nitrogens with two attached hydrogens (primary N) is 1. The van der Waals surface area contributed by atoms with Gasteiger partial charge in [-0.05, 0) is 49.4 Å². The van der Waals surface area contributed by atoms with Gasteiger partial charge in [0.15, 0.2) is 0 Å². The van der Waals surface area contributed by atoms with Gasteiger partial charge < -0.3 is 5.73 Å². The largest absolute Gasteiger partial charge is 0.330 e. The van der Waals surface area contributed by atoms with Crippen molar-refractivity contribution in [2.45, 2.75) is 26.2 Å². The highest BCUT2D eigenvalue weighted by Crippen LogP contribution is 2.20. The highest BCUT2D eigenvalue weighted by Gasteiger charge is 2.27. The van der Waals surface area contributed by atoms with E-state index in [9.17, 15) is 8.42 Å². The van der Waals surface area contributed by atoms with E-state index < -0.39 is 10.2 Å². The van der Waals surface area contributed by atoms with Crippen LogP contribution in [0.5, 0.6) is 0 Å². The molecule has 1 aromatic rings. The quantitative estimate of drug-likeness (QED) is 0.866. The highest BCUT2D eigenvalue weighted by molar-refractivity contribution is 7.90. The standard InChI is InChI=1S/C14H23N3O2S/c1-2-12-4-3-5-14(10-12)16-20(18,19)17-8-6-13(11-15)7-9-17/h3-5,10,13,16H,2,6-9,11,15H2,1H3. The van der Waals surface area contributed by atoms with E-state index in [-0.39, 0.29) is 0 Å². The maximum Gasteiger partial charge on any atom is 0.301 e. The summed E-state index contributed by atoms with van der Waals surface area (Å²) in [6.45, 7) is 3.78. The van der Waals surface area contributed by atoms with E-state index in [0.29, 0.717) is 31.2 Å². The van der Waals surface area contributed by atoms with Crippen LogP contribution in [0.4, 0.5) is 5.69 Å². The summed E-state index contributed by atoms with van der Waals surface area (Å²) < 4.78 is 28.8. The molecule has 20 heavy (non-hydrogen) atoms. The van der Waals surface area contributed by atoms with Crippen LogP contribution in [0.1, 0.15) is 25.3 Å². The average molecular weight is 297 g/mol. The molecule has 0 amide bonds. The van der Waals surface area contributed by atoms with Crippen LogP contribution in [0, 0.1) is 5.92 Å². The average Bonchev–Trinajstić information content (AvgIpc) is 2.47. The van der Waals surface area contributed by atoms with E-state index >= 15 is 0 Å². The molecule has 0 aliphatic carbocycles. The van der Waals surface area contributed by atoms with Crippen LogP contribution in [0.15, 0.2) is 24.3 Å². The lowest BCUT2D eigenvalue weighted by atomic mass is 9.99. The summed E-state index contributed by atoms with van der Waals surface area (Å²) in [6, 6.07) is 7.52. The molecule has 0 aromatic heterocycles. The first-order valence-electron chi connectivity index (χ1n) is 7.12. The number of rotatable bonds is 5. The summed E-state index contributed by atoms with van der Waals surface area (Å²) in [5.74, 6) is 0.449. The molecule has 112 valence electrons. The third-order valence-electron chi connectivity index (χ3n) is 3.83. The maximum absolute atomic E-state index is 12.3. The molecule has 0 unspecified atom stereocenters. The van der Waals surface area contributed by atoms with Crippen molar-refractivity contribution in [3.8, 4) is 0 Å². The molecule has 0 spiro atoms. The number of nitrogens with zero attached hydrogens (tertiary/aromatic N) is 1. The Labute approximate surface area is 121 Å². The number of piperidine rings is 1. The van der Waals surface area contributed by atoms with E-state index in [1.54, 1.807) is 6.07 Å². The Bertz CT molecular complexity index is 537. The summed E-state index contributed by atoms with van der Waals surface area (Å²) in [7, 11) is -3.45. The molecule has 6 heteroatoms. The van der Waals surface area contributed by atoms with Gasteiger partial charge in [-0.2, -0.15) is 12.7 Å². The zero-order valence-corrected chi connectivity index (χ0v) is 12.7. The van der Waals surface area contributed by atoms with Gasteiger partial charge in [-0.15, -0.1) is 0 Å². The van der Waals surface area contributed by atoms with Crippen molar-refractivity contribution in [3.63, 3.8) is 0 Å². The van der Waals surface area contributed by atoms with Gasteiger partial charge in [-0.25, -0.2) is 0 Å². The molecule has 0 radical (unpaired) electrons. The lowest BCUT2D eigenvalue weighted by Crippen LogP contribution is -2.42. The van der Waals surface area contributed by atoms with Gasteiger partial charge in [0, 0.05) is 13.1 Å². The fraction of sp³-hybridized carbons (Fsp3) is 0.571. The minimum Gasteiger partial charge on any atom is -0.330 e. The minimum atomic E-state index is -3.45. The van der Waals surface area contributed by atoms with Gasteiger partial charge in [0.1, 0.15) is 0 Å². The molecule has 2 rings (SSSR count). The van der Waals surface area contributed by atoms with E-state index in [4.69, 9.17) is 5.73 Å². The molecule has 5 nitrogen and oxygen atoms in total. The Morgan fingerprint density at radius 1 is 1.35 bits per heavy atom. The van der Waals surface area contributed by atoms with E-state index in [0.717, 1.165) is 24.8 Å². The summed E-state index contributed by atoms with van der Waals surface area (Å²) >= 11 is 0. The summed E-state index contributed by atoms with van der Waals surface area (Å²) in [5, 5.41) is 0. The Morgan fingerprint density at radius 2 is 2.05 bits per heavy atom. The molecular weight excluding hydrogens is 274 g/mol. The molecule has 0 atom stereocenters. The lowest BCUT2D eigenvalue weighted by Gasteiger charge is -2.30. The van der Waals surface area contributed by atoms with Crippen molar-refractivity contribution in [3.05, 3.63) is 29.8 Å². The SMILES string of the molecule is CCc1cccc(NS(=O)(=O)N2CCC(CN)CC2)c1. The van der Waals surface area contributed by atoms with Gasteiger partial charge in [-0.3, -0.25) is 4.72 Å². The Hall–Kier alpha value is -1.11. The van der Waals surface area contributed by atoms with E-state index in [1.165, 1.54) is 4.31 Å². The van der Waals surface area contributed by atoms with Crippen LogP contribution in [0.3, 0.4) is 0 Å². The number of hydrogen-bond donors (Lipinski definition) is 2. The first-order valence-corrected chi connectivity index (χ1v) is 8.56. The van der Waals surface area contributed by atoms with Crippen molar-refractivity contribution in [1.82, 2.24) is 4.31 Å². The monoisotopic (exact) mass is 297 g/mol. The lowest BCUT2D eigenvalue weighted by molar-refractivity contribution is 0.280. The van der Waals surface area contributed by atoms with E-state index in [2.05, 4.69) is 4.72 Å². The maximum atomic E-state index is 12.3. The molecule has 0 saturated carbocycles. The Kier molecular flexibility index (Phi) is 5.01. The van der Waals surface area contributed by atoms with Crippen molar-refractivity contribution in [2.24, 2.45) is 11.7 Å². The van der Waals surface area contributed by atoms with Crippen LogP contribution in [0.25, 0.3) is 0 Å². The van der Waals surface area contributed by atoms with Crippen molar-refractivity contribution in [1.29, 1.82) is 0 Å². The smallest absolute Gasteiger partial charge is 0.301 e. The van der Waals surface area contributed by atoms with Gasteiger partial charge in [0.2, 0.25) is 0 Å². The third kappa shape index (κ3) is 3.71. The fourth-order valence-corrected chi connectivity index (χ4v) is 3.70. The Morgan fingerprint density at radius 3 is 2.65 bits per heavy atom. The first kappa shape index (κ1) is 15.3. The molecule has 1 fully saturated rings. The van der Waals surface area contributed by atoms with Gasteiger partial charge in [0.05, 0.1) is 5.69 Å². The summed E-state index contributed by atoms with van der Waals surface area (Å²) in [6.07, 6.45) is 2.57. The van der Waals surface area contributed by atoms with Gasteiger partial charge >= 0.3 is 10.2 Å². The third-order valence-corrected chi connectivity index (χ3v) is 5.37. The predicted molar refractivity (Wildman–Crippen MR) is 81.7 cm³/mol. The molecule has 0 bridgehead atoms. The number of hydrogen-bond acceptors (Lipinski definition) is 3. The second kappa shape index (κ2) is 6.56. The van der Waals surface area contributed by atoms with Crippen LogP contribution < -0.4 is 10.5 Å². The van der Waals surface area contributed by atoms with E-state index in [1.807, 2.05) is 25.1 Å². The number of benzene rings is 1. The summed E-state index contributed by atoms with van der Waals surface area (Å²) in [4.78, 5) is 0. The molecule has 1 aliphatic rings. The van der Waals surface area contributed by atoms with Crippen LogP contribution in [0.2, 0.25) is 0 Å². The van der Waals surface area contributed by atoms with Crippen LogP contribution in [-0.2, 0) is 16.6 Å². The number of anilines is 1. The van der Waals surface area contributed by atoms with Crippen LogP contribution in [-0.4, -0.2) is 32.4 Å². The second-order valence-corrected chi connectivity index (χ2v) is 6.91. The molecular formula is C14H23N3O2S. The summed E-state index contributed by atoms with van der Waals surface area (Å²) in [5.41, 5.74) is 7.38.